The maximum absolute atomic E-state index is 10.8. The van der Waals surface area contributed by atoms with Gasteiger partial charge in [0.25, 0.3) is 0 Å². The monoisotopic (exact) mass is 277 g/mol. The van der Waals surface area contributed by atoms with Gasteiger partial charge in [-0.15, -0.1) is 0 Å². The quantitative estimate of drug-likeness (QED) is 0.912. The molecule has 0 aliphatic carbocycles. The van der Waals surface area contributed by atoms with Gasteiger partial charge >= 0.3 is 5.97 Å². The van der Waals surface area contributed by atoms with E-state index in [2.05, 4.69) is 5.16 Å². The SMILES string of the molecule is COCc1ccc(-c2cc(C(=O)O)no2)c2c1OCO2. The second-order valence-electron chi connectivity index (χ2n) is 4.15. The molecule has 1 aliphatic heterocycles. The van der Waals surface area contributed by atoms with Crippen LogP contribution in [-0.4, -0.2) is 30.1 Å². The van der Waals surface area contributed by atoms with Crippen LogP contribution in [0.5, 0.6) is 11.5 Å². The van der Waals surface area contributed by atoms with Crippen LogP contribution >= 0.6 is 0 Å². The molecule has 2 heterocycles. The van der Waals surface area contributed by atoms with Crippen LogP contribution < -0.4 is 9.47 Å². The molecule has 1 aromatic heterocycles. The number of hydrogen-bond acceptors (Lipinski definition) is 6. The van der Waals surface area contributed by atoms with Crippen molar-refractivity contribution in [3.05, 3.63) is 29.5 Å². The highest BCUT2D eigenvalue weighted by Gasteiger charge is 2.25. The molecule has 0 unspecified atom stereocenters. The third-order valence-electron chi connectivity index (χ3n) is 2.89. The minimum atomic E-state index is -1.15. The molecule has 0 saturated carbocycles. The van der Waals surface area contributed by atoms with Gasteiger partial charge in [-0.1, -0.05) is 11.2 Å². The largest absolute Gasteiger partial charge is 0.476 e. The van der Waals surface area contributed by atoms with Gasteiger partial charge in [0.2, 0.25) is 6.79 Å². The average molecular weight is 277 g/mol. The standard InChI is InChI=1S/C13H11NO6/c1-17-5-7-2-3-8(12-11(7)18-6-19-12)10-4-9(13(15)16)14-20-10/h2-4H,5-6H2,1H3,(H,15,16). The molecule has 20 heavy (non-hydrogen) atoms. The predicted octanol–water partition coefficient (Wildman–Crippen LogP) is 1.91. The topological polar surface area (TPSA) is 91.0 Å². The van der Waals surface area contributed by atoms with E-state index in [4.69, 9.17) is 23.8 Å². The van der Waals surface area contributed by atoms with E-state index >= 15 is 0 Å². The number of benzene rings is 1. The molecule has 2 aromatic rings. The van der Waals surface area contributed by atoms with Gasteiger partial charge in [0, 0.05) is 18.7 Å². The van der Waals surface area contributed by atoms with Gasteiger partial charge in [-0.25, -0.2) is 4.79 Å². The summed E-state index contributed by atoms with van der Waals surface area (Å²) in [5, 5.41) is 12.3. The lowest BCUT2D eigenvalue weighted by Gasteiger charge is -2.07. The Kier molecular flexibility index (Phi) is 3.03. The van der Waals surface area contributed by atoms with Crippen molar-refractivity contribution >= 4 is 5.97 Å². The molecule has 3 rings (SSSR count). The Morgan fingerprint density at radius 1 is 1.40 bits per heavy atom. The number of methoxy groups -OCH3 is 1. The second kappa shape index (κ2) is 4.86. The van der Waals surface area contributed by atoms with Gasteiger partial charge in [0.15, 0.2) is 23.0 Å². The van der Waals surface area contributed by atoms with Crippen molar-refractivity contribution in [3.8, 4) is 22.8 Å². The van der Waals surface area contributed by atoms with Crippen LogP contribution in [0.3, 0.4) is 0 Å². The summed E-state index contributed by atoms with van der Waals surface area (Å²) in [6.45, 7) is 0.492. The minimum absolute atomic E-state index is 0.100. The zero-order valence-corrected chi connectivity index (χ0v) is 10.6. The Labute approximate surface area is 113 Å². The fraction of sp³-hybridized carbons (Fsp3) is 0.231. The van der Waals surface area contributed by atoms with E-state index < -0.39 is 5.97 Å². The van der Waals surface area contributed by atoms with E-state index in [1.165, 1.54) is 6.07 Å². The van der Waals surface area contributed by atoms with Crippen LogP contribution in [0.25, 0.3) is 11.3 Å². The zero-order chi connectivity index (χ0) is 14.1. The van der Waals surface area contributed by atoms with Crippen LogP contribution in [0.4, 0.5) is 0 Å². The molecular weight excluding hydrogens is 266 g/mol. The fourth-order valence-electron chi connectivity index (χ4n) is 2.02. The Morgan fingerprint density at radius 3 is 2.90 bits per heavy atom. The third kappa shape index (κ3) is 1.97. The summed E-state index contributed by atoms with van der Waals surface area (Å²) in [4.78, 5) is 10.8. The first kappa shape index (κ1) is 12.5. The van der Waals surface area contributed by atoms with Crippen molar-refractivity contribution in [2.45, 2.75) is 6.61 Å². The van der Waals surface area contributed by atoms with Gasteiger partial charge in [0.1, 0.15) is 0 Å². The highest BCUT2D eigenvalue weighted by Crippen LogP contribution is 2.44. The summed E-state index contributed by atoms with van der Waals surface area (Å²) in [5.74, 6) is 0.253. The van der Waals surface area contributed by atoms with Gasteiger partial charge in [-0.05, 0) is 6.07 Å². The van der Waals surface area contributed by atoms with Crippen molar-refractivity contribution in [3.63, 3.8) is 0 Å². The third-order valence-corrected chi connectivity index (χ3v) is 2.89. The molecule has 104 valence electrons. The number of hydrogen-bond donors (Lipinski definition) is 1. The summed E-state index contributed by atoms with van der Waals surface area (Å²) < 4.78 is 21.0. The summed E-state index contributed by atoms with van der Waals surface area (Å²) >= 11 is 0. The first-order valence-electron chi connectivity index (χ1n) is 5.81. The number of carbonyl (C=O) groups is 1. The molecule has 1 aromatic carbocycles. The molecule has 0 bridgehead atoms. The minimum Gasteiger partial charge on any atom is -0.476 e. The van der Waals surface area contributed by atoms with Crippen molar-refractivity contribution in [1.82, 2.24) is 5.16 Å². The van der Waals surface area contributed by atoms with E-state index in [0.29, 0.717) is 29.4 Å². The van der Waals surface area contributed by atoms with E-state index in [-0.39, 0.29) is 12.5 Å². The number of fused-ring (bicyclic) bond motifs is 1. The number of ether oxygens (including phenoxy) is 3. The van der Waals surface area contributed by atoms with Crippen molar-refractivity contribution in [2.75, 3.05) is 13.9 Å². The average Bonchev–Trinajstić information content (AvgIpc) is 3.08. The Hall–Kier alpha value is -2.54. The molecule has 7 heteroatoms. The fourth-order valence-corrected chi connectivity index (χ4v) is 2.02. The Balaban J connectivity index is 2.06. The van der Waals surface area contributed by atoms with Gasteiger partial charge in [-0.2, -0.15) is 0 Å². The highest BCUT2D eigenvalue weighted by atomic mass is 16.7. The van der Waals surface area contributed by atoms with E-state index in [1.54, 1.807) is 13.2 Å². The molecular formula is C13H11NO6. The molecule has 0 saturated heterocycles. The molecule has 7 nitrogen and oxygen atoms in total. The highest BCUT2D eigenvalue weighted by molar-refractivity contribution is 5.87. The second-order valence-corrected chi connectivity index (χ2v) is 4.15. The molecule has 0 amide bonds. The first-order chi connectivity index (χ1) is 9.70. The summed E-state index contributed by atoms with van der Waals surface area (Å²) in [6.07, 6.45) is 0. The zero-order valence-electron chi connectivity index (χ0n) is 10.6. The number of aromatic nitrogens is 1. The Morgan fingerprint density at radius 2 is 2.20 bits per heavy atom. The molecule has 0 spiro atoms. The number of rotatable bonds is 4. The van der Waals surface area contributed by atoms with Crippen LogP contribution in [-0.2, 0) is 11.3 Å². The number of carboxylic acid groups (broad SMARTS) is 1. The normalized spacial score (nSPS) is 12.7. The van der Waals surface area contributed by atoms with Crippen molar-refractivity contribution in [2.24, 2.45) is 0 Å². The van der Waals surface area contributed by atoms with Crippen LogP contribution in [0, 0.1) is 0 Å². The predicted molar refractivity (Wildman–Crippen MR) is 65.7 cm³/mol. The molecule has 0 radical (unpaired) electrons. The molecule has 1 N–H and O–H groups in total. The van der Waals surface area contributed by atoms with Crippen LogP contribution in [0.2, 0.25) is 0 Å². The molecule has 0 atom stereocenters. The van der Waals surface area contributed by atoms with Crippen molar-refractivity contribution in [1.29, 1.82) is 0 Å². The van der Waals surface area contributed by atoms with Crippen LogP contribution in [0.15, 0.2) is 22.7 Å². The lowest BCUT2D eigenvalue weighted by Crippen LogP contribution is -1.95. The summed E-state index contributed by atoms with van der Waals surface area (Å²) in [7, 11) is 1.59. The van der Waals surface area contributed by atoms with Crippen LogP contribution in [0.1, 0.15) is 16.1 Å². The lowest BCUT2D eigenvalue weighted by atomic mass is 10.1. The van der Waals surface area contributed by atoms with E-state index in [0.717, 1.165) is 5.56 Å². The first-order valence-corrected chi connectivity index (χ1v) is 5.81. The number of carboxylic acids is 1. The Bertz CT molecular complexity index is 663. The number of nitrogens with zero attached hydrogens (tertiary/aromatic N) is 1. The smallest absolute Gasteiger partial charge is 0.358 e. The maximum atomic E-state index is 10.8. The lowest BCUT2D eigenvalue weighted by molar-refractivity contribution is 0.0686. The van der Waals surface area contributed by atoms with Gasteiger partial charge in [-0.3, -0.25) is 0 Å². The maximum Gasteiger partial charge on any atom is 0.358 e. The molecule has 0 fully saturated rings. The summed E-state index contributed by atoms with van der Waals surface area (Å²) in [5.41, 5.74) is 1.28. The van der Waals surface area contributed by atoms with Gasteiger partial charge in [0.05, 0.1) is 12.2 Å². The molecule has 1 aliphatic rings. The number of aromatic carboxylic acids is 1. The van der Waals surface area contributed by atoms with Crippen molar-refractivity contribution < 1.29 is 28.6 Å². The van der Waals surface area contributed by atoms with E-state index in [1.807, 2.05) is 6.07 Å². The van der Waals surface area contributed by atoms with Gasteiger partial charge < -0.3 is 23.8 Å². The van der Waals surface area contributed by atoms with E-state index in [9.17, 15) is 4.79 Å². The summed E-state index contributed by atoms with van der Waals surface area (Å²) in [6, 6.07) is 4.92.